The van der Waals surface area contributed by atoms with E-state index in [0.29, 0.717) is 17.9 Å². The summed E-state index contributed by atoms with van der Waals surface area (Å²) in [7, 11) is 1.93. The lowest BCUT2D eigenvalue weighted by Gasteiger charge is -2.29. The number of nitrogens with zero attached hydrogens (tertiary/aromatic N) is 4. The number of rotatable bonds is 7. The summed E-state index contributed by atoms with van der Waals surface area (Å²) in [5.74, 6) is 0.434. The van der Waals surface area contributed by atoms with Crippen LogP contribution >= 0.6 is 0 Å². The number of aliphatic hydroxyl groups excluding tert-OH is 1. The second-order valence-corrected chi connectivity index (χ2v) is 7.94. The van der Waals surface area contributed by atoms with Crippen molar-refractivity contribution in [2.75, 3.05) is 6.61 Å². The van der Waals surface area contributed by atoms with E-state index in [0.717, 1.165) is 24.1 Å². The third-order valence-electron chi connectivity index (χ3n) is 4.72. The summed E-state index contributed by atoms with van der Waals surface area (Å²) in [6.07, 6.45) is 7.93. The highest BCUT2D eigenvalue weighted by Gasteiger charge is 2.29. The molecule has 1 amide bonds. The molecule has 0 bridgehead atoms. The molecule has 27 heavy (non-hydrogen) atoms. The number of hydrogen-bond donors (Lipinski definition) is 2. The maximum absolute atomic E-state index is 13.0. The molecule has 2 rings (SSSR count). The van der Waals surface area contributed by atoms with Crippen LogP contribution in [-0.2, 0) is 19.9 Å². The summed E-state index contributed by atoms with van der Waals surface area (Å²) in [4.78, 5) is 17.4. The fourth-order valence-corrected chi connectivity index (χ4v) is 3.07. The molecule has 0 spiro atoms. The van der Waals surface area contributed by atoms with Gasteiger partial charge in [-0.3, -0.25) is 4.79 Å². The van der Waals surface area contributed by atoms with E-state index in [1.54, 1.807) is 10.9 Å². The van der Waals surface area contributed by atoms with Gasteiger partial charge in [-0.1, -0.05) is 41.0 Å². The maximum Gasteiger partial charge on any atom is 0.272 e. The lowest BCUT2D eigenvalue weighted by atomic mass is 9.87. The molecule has 0 aliphatic heterocycles. The molecule has 2 aromatic rings. The van der Waals surface area contributed by atoms with E-state index < -0.39 is 0 Å². The topological polar surface area (TPSA) is 83.9 Å². The highest BCUT2D eigenvalue weighted by molar-refractivity contribution is 5.94. The summed E-state index contributed by atoms with van der Waals surface area (Å²) in [6.45, 7) is 9.99. The zero-order valence-corrected chi connectivity index (χ0v) is 17.3. The molecule has 0 fully saturated rings. The van der Waals surface area contributed by atoms with Crippen molar-refractivity contribution in [3.8, 4) is 5.82 Å². The zero-order valence-electron chi connectivity index (χ0n) is 17.3. The number of aryl methyl sites for hydroxylation is 1. The second kappa shape index (κ2) is 8.61. The minimum atomic E-state index is -0.345. The Morgan fingerprint density at radius 2 is 2.07 bits per heavy atom. The molecule has 1 unspecified atom stereocenters. The van der Waals surface area contributed by atoms with Crippen LogP contribution in [0.25, 0.3) is 5.82 Å². The Morgan fingerprint density at radius 1 is 1.37 bits per heavy atom. The number of hydrogen-bond acceptors (Lipinski definition) is 4. The molecule has 7 nitrogen and oxygen atoms in total. The highest BCUT2D eigenvalue weighted by Crippen LogP contribution is 2.22. The monoisotopic (exact) mass is 374 g/mol. The number of amides is 1. The van der Waals surface area contributed by atoms with Gasteiger partial charge in [0.15, 0.2) is 11.9 Å². The molecule has 2 heterocycles. The summed E-state index contributed by atoms with van der Waals surface area (Å²) in [5.41, 5.74) is 2.12. The van der Waals surface area contributed by atoms with Crippen LogP contribution in [0.1, 0.15) is 62.8 Å². The molecule has 0 aliphatic carbocycles. The number of carbonyl (C=O) groups is 1. The Hall–Kier alpha value is -2.28. The number of nitrogens with one attached hydrogen (secondary N) is 1. The normalized spacial score (nSPS) is 12.9. The first-order chi connectivity index (χ1) is 12.7. The van der Waals surface area contributed by atoms with Crippen molar-refractivity contribution >= 4 is 5.91 Å². The predicted octanol–water partition coefficient (Wildman–Crippen LogP) is 1.74. The van der Waals surface area contributed by atoms with E-state index in [2.05, 4.69) is 22.3 Å². The fourth-order valence-electron chi connectivity index (χ4n) is 3.07. The van der Waals surface area contributed by atoms with Crippen LogP contribution < -0.4 is 9.88 Å². The largest absolute Gasteiger partial charge is 0.394 e. The lowest BCUT2D eigenvalue weighted by Crippen LogP contribution is -2.46. The van der Waals surface area contributed by atoms with Gasteiger partial charge in [0.05, 0.1) is 24.5 Å². The van der Waals surface area contributed by atoms with Crippen molar-refractivity contribution in [1.82, 2.24) is 20.1 Å². The third kappa shape index (κ3) is 4.71. The van der Waals surface area contributed by atoms with Crippen molar-refractivity contribution in [3.05, 3.63) is 35.5 Å². The van der Waals surface area contributed by atoms with Crippen LogP contribution in [0.3, 0.4) is 0 Å². The molecule has 148 valence electrons. The van der Waals surface area contributed by atoms with Gasteiger partial charge >= 0.3 is 0 Å². The standard InChI is InChI=1S/C20H31N5O2/c1-7-9-15-14(8-2)18(19(27)22-16(13-26)20(3,4)5)23-25(15)17-12-24(6)11-10-21-17/h10-12,16,26H,7-9,13H2,1-6H3/p+1. The van der Waals surface area contributed by atoms with Crippen molar-refractivity contribution in [2.24, 2.45) is 12.5 Å². The summed E-state index contributed by atoms with van der Waals surface area (Å²) in [6, 6.07) is -0.345. The first-order valence-corrected chi connectivity index (χ1v) is 9.57. The van der Waals surface area contributed by atoms with Crippen molar-refractivity contribution < 1.29 is 14.5 Å². The van der Waals surface area contributed by atoms with E-state index in [9.17, 15) is 9.90 Å². The summed E-state index contributed by atoms with van der Waals surface area (Å²) < 4.78 is 3.69. The first kappa shape index (κ1) is 21.0. The van der Waals surface area contributed by atoms with Gasteiger partial charge in [-0.15, -0.1) is 0 Å². The summed E-state index contributed by atoms with van der Waals surface area (Å²) >= 11 is 0. The van der Waals surface area contributed by atoms with Crippen molar-refractivity contribution in [3.63, 3.8) is 0 Å². The van der Waals surface area contributed by atoms with E-state index in [1.165, 1.54) is 0 Å². The van der Waals surface area contributed by atoms with Gasteiger partial charge < -0.3 is 10.4 Å². The van der Waals surface area contributed by atoms with Gasteiger partial charge in [-0.25, -0.2) is 14.2 Å². The Kier molecular flexibility index (Phi) is 6.70. The van der Waals surface area contributed by atoms with Crippen molar-refractivity contribution in [1.29, 1.82) is 0 Å². The quantitative estimate of drug-likeness (QED) is 0.723. The fraction of sp³-hybridized carbons (Fsp3) is 0.600. The Balaban J connectivity index is 2.50. The van der Waals surface area contributed by atoms with Crippen LogP contribution in [0.4, 0.5) is 0 Å². The van der Waals surface area contributed by atoms with Gasteiger partial charge in [-0.2, -0.15) is 5.10 Å². The lowest BCUT2D eigenvalue weighted by molar-refractivity contribution is -0.671. The number of carbonyl (C=O) groups excluding carboxylic acids is 1. The molecule has 7 heteroatoms. The van der Waals surface area contributed by atoms with E-state index in [-0.39, 0.29) is 24.0 Å². The van der Waals surface area contributed by atoms with Gasteiger partial charge in [0, 0.05) is 5.56 Å². The average molecular weight is 375 g/mol. The van der Waals surface area contributed by atoms with Gasteiger partial charge in [0.25, 0.3) is 5.91 Å². The molecular formula is C20H32N5O2+. The number of aromatic nitrogens is 4. The molecule has 0 aromatic carbocycles. The Labute approximate surface area is 161 Å². The van der Waals surface area contributed by atoms with Crippen LogP contribution in [0.15, 0.2) is 18.6 Å². The van der Waals surface area contributed by atoms with E-state index in [4.69, 9.17) is 0 Å². The third-order valence-corrected chi connectivity index (χ3v) is 4.72. The number of aliphatic hydroxyl groups is 1. The van der Waals surface area contributed by atoms with Crippen LogP contribution in [0.2, 0.25) is 0 Å². The second-order valence-electron chi connectivity index (χ2n) is 7.94. The van der Waals surface area contributed by atoms with E-state index >= 15 is 0 Å². The highest BCUT2D eigenvalue weighted by atomic mass is 16.3. The van der Waals surface area contributed by atoms with Gasteiger partial charge in [-0.05, 0) is 18.3 Å². The molecule has 0 saturated heterocycles. The first-order valence-electron chi connectivity index (χ1n) is 9.57. The molecule has 2 N–H and O–H groups in total. The SMILES string of the molecule is CCCc1c(CC)c(C(=O)NC(CO)C(C)(C)C)nn1-c1c[n+](C)ccn1. The van der Waals surface area contributed by atoms with Crippen LogP contribution in [-0.4, -0.2) is 38.4 Å². The molecular weight excluding hydrogens is 342 g/mol. The van der Waals surface area contributed by atoms with Crippen LogP contribution in [0, 0.1) is 5.41 Å². The minimum Gasteiger partial charge on any atom is -0.394 e. The van der Waals surface area contributed by atoms with Gasteiger partial charge in [0.1, 0.15) is 7.05 Å². The van der Waals surface area contributed by atoms with Crippen LogP contribution in [0.5, 0.6) is 0 Å². The van der Waals surface area contributed by atoms with E-state index in [1.807, 2.05) is 51.7 Å². The van der Waals surface area contributed by atoms with Gasteiger partial charge in [0.2, 0.25) is 12.0 Å². The predicted molar refractivity (Wildman–Crippen MR) is 104 cm³/mol. The zero-order chi connectivity index (χ0) is 20.2. The molecule has 1 atom stereocenters. The maximum atomic E-state index is 13.0. The minimum absolute atomic E-state index is 0.116. The molecule has 2 aromatic heterocycles. The molecule has 0 aliphatic rings. The Bertz CT molecular complexity index is 792. The molecule has 0 radical (unpaired) electrons. The average Bonchev–Trinajstić information content (AvgIpc) is 2.97. The Morgan fingerprint density at radius 3 is 2.59 bits per heavy atom. The van der Waals surface area contributed by atoms with Crippen molar-refractivity contribution in [2.45, 2.75) is 59.9 Å². The summed E-state index contributed by atoms with van der Waals surface area (Å²) in [5, 5.41) is 17.3. The molecule has 0 saturated carbocycles. The smallest absolute Gasteiger partial charge is 0.272 e.